The fraction of sp³-hybridized carbons (Fsp3) is 0.800. The van der Waals surface area contributed by atoms with Gasteiger partial charge < -0.3 is 5.11 Å². The van der Waals surface area contributed by atoms with Gasteiger partial charge >= 0.3 is 5.97 Å². The van der Waals surface area contributed by atoms with Gasteiger partial charge in [0.25, 0.3) is 0 Å². The molecule has 3 nitrogen and oxygen atoms in total. The van der Waals surface area contributed by atoms with Gasteiger partial charge in [0.15, 0.2) is 0 Å². The second-order valence-corrected chi connectivity index (χ2v) is 13.3. The summed E-state index contributed by atoms with van der Waals surface area (Å²) in [6, 6.07) is 0. The van der Waals surface area contributed by atoms with Gasteiger partial charge in [0, 0.05) is 11.8 Å². The van der Waals surface area contributed by atoms with Crippen molar-refractivity contribution in [2.75, 3.05) is 0 Å². The first-order valence-corrected chi connectivity index (χ1v) is 13.4. The monoisotopic (exact) mass is 454 g/mol. The second-order valence-electron chi connectivity index (χ2n) is 13.3. The molecule has 0 aromatic carbocycles. The van der Waals surface area contributed by atoms with E-state index < -0.39 is 5.97 Å². The van der Waals surface area contributed by atoms with Crippen molar-refractivity contribution in [3.8, 4) is 0 Å². The summed E-state index contributed by atoms with van der Waals surface area (Å²) in [5, 5.41) is 10.2. The summed E-state index contributed by atoms with van der Waals surface area (Å²) >= 11 is 0. The van der Waals surface area contributed by atoms with Crippen molar-refractivity contribution in [3.05, 3.63) is 22.8 Å². The van der Waals surface area contributed by atoms with Crippen LogP contribution in [0.1, 0.15) is 113 Å². The smallest absolute Gasteiger partial charge is 0.306 e. The maximum Gasteiger partial charge on any atom is 0.306 e. The first-order valence-electron chi connectivity index (χ1n) is 13.4. The molecule has 0 saturated heterocycles. The zero-order valence-electron chi connectivity index (χ0n) is 22.1. The Morgan fingerprint density at radius 3 is 2.33 bits per heavy atom. The molecule has 0 radical (unpaired) electrons. The van der Waals surface area contributed by atoms with Crippen LogP contribution in [-0.4, -0.2) is 16.9 Å². The van der Waals surface area contributed by atoms with E-state index in [0.717, 1.165) is 57.8 Å². The maximum atomic E-state index is 12.8. The average molecular weight is 455 g/mol. The predicted molar refractivity (Wildman–Crippen MR) is 134 cm³/mol. The number of Topliss-reactive ketones (excluding diaryl/α,β-unsaturated/α-hetero) is 1. The van der Waals surface area contributed by atoms with Crippen LogP contribution >= 0.6 is 0 Å². The Bertz CT molecular complexity index is 904. The van der Waals surface area contributed by atoms with E-state index in [4.69, 9.17) is 0 Å². The van der Waals surface area contributed by atoms with Gasteiger partial charge in [-0.05, 0) is 99.7 Å². The minimum absolute atomic E-state index is 0.0447. The summed E-state index contributed by atoms with van der Waals surface area (Å²) in [5.41, 5.74) is 4.63. The van der Waals surface area contributed by atoms with Crippen molar-refractivity contribution in [1.29, 1.82) is 0 Å². The van der Waals surface area contributed by atoms with Crippen LogP contribution in [0.25, 0.3) is 0 Å². The van der Waals surface area contributed by atoms with Crippen LogP contribution in [0.2, 0.25) is 0 Å². The van der Waals surface area contributed by atoms with E-state index in [-0.39, 0.29) is 33.5 Å². The summed E-state index contributed by atoms with van der Waals surface area (Å²) in [6.45, 7) is 15.9. The highest BCUT2D eigenvalue weighted by atomic mass is 16.4. The highest BCUT2D eigenvalue weighted by Crippen LogP contribution is 2.72. The van der Waals surface area contributed by atoms with Crippen LogP contribution in [0.3, 0.4) is 0 Å². The number of carboxylic acids is 1. The largest absolute Gasteiger partial charge is 0.481 e. The van der Waals surface area contributed by atoms with E-state index in [9.17, 15) is 14.7 Å². The Morgan fingerprint density at radius 2 is 1.70 bits per heavy atom. The normalized spacial score (nSPS) is 40.5. The number of allylic oxidation sites excluding steroid dienone is 4. The topological polar surface area (TPSA) is 54.4 Å². The first kappa shape index (κ1) is 24.7. The molecule has 0 heterocycles. The number of carboxylic acid groups (broad SMARTS) is 1. The molecule has 3 heteroatoms. The lowest BCUT2D eigenvalue weighted by atomic mass is 9.43. The predicted octanol–water partition coefficient (Wildman–Crippen LogP) is 7.75. The van der Waals surface area contributed by atoms with Crippen LogP contribution in [-0.2, 0) is 9.59 Å². The Hall–Kier alpha value is -1.38. The Morgan fingerprint density at radius 1 is 1.00 bits per heavy atom. The number of ketones is 1. The summed E-state index contributed by atoms with van der Waals surface area (Å²) in [4.78, 5) is 25.2. The van der Waals surface area contributed by atoms with Crippen LogP contribution in [0.4, 0.5) is 0 Å². The molecular formula is C30H46O3. The molecule has 0 aromatic rings. The summed E-state index contributed by atoms with van der Waals surface area (Å²) in [6.07, 6.45) is 12.0. The van der Waals surface area contributed by atoms with Crippen molar-refractivity contribution in [2.24, 2.45) is 39.4 Å². The van der Waals surface area contributed by atoms with E-state index in [2.05, 4.69) is 54.5 Å². The van der Waals surface area contributed by atoms with Gasteiger partial charge in [-0.15, -0.1) is 0 Å². The Kier molecular flexibility index (Phi) is 6.07. The summed E-state index contributed by atoms with van der Waals surface area (Å²) in [7, 11) is 0. The fourth-order valence-electron chi connectivity index (χ4n) is 9.22. The van der Waals surface area contributed by atoms with Crippen molar-refractivity contribution in [1.82, 2.24) is 0 Å². The molecule has 0 amide bonds. The van der Waals surface area contributed by atoms with Gasteiger partial charge in [-0.25, -0.2) is 0 Å². The zero-order valence-corrected chi connectivity index (χ0v) is 22.1. The molecule has 1 N–H and O–H groups in total. The van der Waals surface area contributed by atoms with Gasteiger partial charge in [0.2, 0.25) is 0 Å². The lowest BCUT2D eigenvalue weighted by Gasteiger charge is -2.60. The second kappa shape index (κ2) is 8.09. The average Bonchev–Trinajstić information content (AvgIpc) is 3.00. The lowest BCUT2D eigenvalue weighted by Crippen LogP contribution is -2.54. The molecule has 2 fully saturated rings. The number of hydrogen-bond acceptors (Lipinski definition) is 2. The van der Waals surface area contributed by atoms with Crippen LogP contribution < -0.4 is 0 Å². The zero-order chi connectivity index (χ0) is 24.4. The molecule has 0 bridgehead atoms. The van der Waals surface area contributed by atoms with Crippen molar-refractivity contribution in [2.45, 2.75) is 113 Å². The van der Waals surface area contributed by atoms with Gasteiger partial charge in [0.05, 0.1) is 5.92 Å². The van der Waals surface area contributed by atoms with Crippen molar-refractivity contribution >= 4 is 11.8 Å². The van der Waals surface area contributed by atoms with Gasteiger partial charge in [-0.1, -0.05) is 57.4 Å². The van der Waals surface area contributed by atoms with Crippen LogP contribution in [0, 0.1) is 39.4 Å². The van der Waals surface area contributed by atoms with E-state index in [1.807, 2.05) is 0 Å². The third-order valence-electron chi connectivity index (χ3n) is 11.4. The van der Waals surface area contributed by atoms with Crippen LogP contribution in [0.5, 0.6) is 0 Å². The summed E-state index contributed by atoms with van der Waals surface area (Å²) < 4.78 is 0. The third kappa shape index (κ3) is 3.50. The molecule has 0 aliphatic heterocycles. The van der Waals surface area contributed by atoms with E-state index in [1.54, 1.807) is 11.1 Å². The minimum atomic E-state index is -0.601. The Labute approximate surface area is 201 Å². The maximum absolute atomic E-state index is 12.8. The molecule has 2 saturated carbocycles. The number of carbonyl (C=O) groups excluding carboxylic acids is 1. The first-order chi connectivity index (χ1) is 15.3. The standard InChI is InChI=1S/C30H46O3/c1-19(2)9-8-10-20(26(32)33)21-13-17-30(7)23-11-12-24-27(3,4)25(31)15-16-28(24,5)22(23)14-18-29(21,30)6/h9,20-21,24H,8,10-18H2,1-7H3,(H,32,33)/t20-,21-,24?,28-,29+,30-/m1/s1. The molecule has 33 heavy (non-hydrogen) atoms. The molecule has 184 valence electrons. The van der Waals surface area contributed by atoms with E-state index >= 15 is 0 Å². The SMILES string of the molecule is CC(C)=CCC[C@@H](C(=O)O)[C@H]1CC[C@]2(C)C3=C(CC[C@@]12C)[C@@]1(C)CCC(=O)C(C)(C)C1CC3. The Balaban J connectivity index is 1.70. The fourth-order valence-corrected chi connectivity index (χ4v) is 9.22. The molecule has 4 aliphatic carbocycles. The molecular weight excluding hydrogens is 408 g/mol. The number of rotatable bonds is 5. The molecule has 6 atom stereocenters. The lowest BCUT2D eigenvalue weighted by molar-refractivity contribution is -0.146. The number of hydrogen-bond donors (Lipinski definition) is 1. The molecule has 0 spiro atoms. The van der Waals surface area contributed by atoms with Gasteiger partial charge in [-0.2, -0.15) is 0 Å². The number of aliphatic carboxylic acids is 1. The van der Waals surface area contributed by atoms with E-state index in [0.29, 0.717) is 18.1 Å². The highest BCUT2D eigenvalue weighted by Gasteiger charge is 2.64. The molecule has 4 rings (SSSR count). The number of carbonyl (C=O) groups is 2. The third-order valence-corrected chi connectivity index (χ3v) is 11.4. The quantitative estimate of drug-likeness (QED) is 0.432. The van der Waals surface area contributed by atoms with Gasteiger partial charge in [0.1, 0.15) is 5.78 Å². The van der Waals surface area contributed by atoms with E-state index in [1.165, 1.54) is 5.57 Å². The molecule has 0 aromatic heterocycles. The van der Waals surface area contributed by atoms with Crippen molar-refractivity contribution < 1.29 is 14.7 Å². The van der Waals surface area contributed by atoms with Crippen LogP contribution in [0.15, 0.2) is 22.8 Å². The minimum Gasteiger partial charge on any atom is -0.481 e. The number of fused-ring (bicyclic) bond motifs is 4. The van der Waals surface area contributed by atoms with Gasteiger partial charge in [-0.3, -0.25) is 9.59 Å². The van der Waals surface area contributed by atoms with Crippen molar-refractivity contribution in [3.63, 3.8) is 0 Å². The molecule has 4 aliphatic rings. The highest BCUT2D eigenvalue weighted by molar-refractivity contribution is 5.85. The summed E-state index contributed by atoms with van der Waals surface area (Å²) in [5.74, 6) is 0.270. The molecule has 1 unspecified atom stereocenters.